The van der Waals surface area contributed by atoms with Gasteiger partial charge in [0.1, 0.15) is 0 Å². The molecule has 6 nitrogen and oxygen atoms in total. The highest BCUT2D eigenvalue weighted by Crippen LogP contribution is 2.26. The standard InChI is InChI=1S/C12H10IN3O3S2/c1-6-3-2-4-7(9(6)13)10(19)14-11-15-16-12(21-11)20-5-8(17)18/h2-4H,5H2,1H3,(H,17,18)(H,14,15,19). The Morgan fingerprint density at radius 2 is 2.19 bits per heavy atom. The Balaban J connectivity index is 2.06. The van der Waals surface area contributed by atoms with Gasteiger partial charge in [-0.05, 0) is 41.1 Å². The van der Waals surface area contributed by atoms with Crippen molar-refractivity contribution < 1.29 is 14.7 Å². The number of amides is 1. The van der Waals surface area contributed by atoms with Crippen molar-refractivity contribution >= 4 is 62.7 Å². The third kappa shape index (κ3) is 4.38. The molecule has 0 spiro atoms. The van der Waals surface area contributed by atoms with E-state index < -0.39 is 5.97 Å². The van der Waals surface area contributed by atoms with E-state index in [-0.39, 0.29) is 11.7 Å². The molecule has 0 atom stereocenters. The first-order valence-electron chi connectivity index (χ1n) is 5.72. The lowest BCUT2D eigenvalue weighted by Crippen LogP contribution is -2.13. The van der Waals surface area contributed by atoms with Gasteiger partial charge < -0.3 is 5.11 Å². The van der Waals surface area contributed by atoms with Crippen LogP contribution in [0.2, 0.25) is 0 Å². The third-order valence-electron chi connectivity index (χ3n) is 2.38. The van der Waals surface area contributed by atoms with Crippen molar-refractivity contribution in [2.45, 2.75) is 11.3 Å². The van der Waals surface area contributed by atoms with Gasteiger partial charge in [-0.2, -0.15) is 0 Å². The summed E-state index contributed by atoms with van der Waals surface area (Å²) in [5, 5.41) is 19.3. The van der Waals surface area contributed by atoms with E-state index in [4.69, 9.17) is 5.11 Å². The van der Waals surface area contributed by atoms with E-state index in [1.165, 1.54) is 0 Å². The molecule has 1 heterocycles. The van der Waals surface area contributed by atoms with Crippen molar-refractivity contribution in [2.75, 3.05) is 11.1 Å². The molecule has 0 saturated carbocycles. The number of rotatable bonds is 5. The Hall–Kier alpha value is -1.20. The number of thioether (sulfide) groups is 1. The minimum Gasteiger partial charge on any atom is -0.481 e. The Kier molecular flexibility index (Phi) is 5.53. The Morgan fingerprint density at radius 3 is 2.90 bits per heavy atom. The van der Waals surface area contributed by atoms with Crippen LogP contribution in [0.1, 0.15) is 15.9 Å². The maximum atomic E-state index is 12.2. The Bertz CT molecular complexity index is 690. The number of nitrogens with zero attached hydrogens (tertiary/aromatic N) is 2. The molecule has 1 aromatic heterocycles. The highest BCUT2D eigenvalue weighted by Gasteiger charge is 2.14. The lowest BCUT2D eigenvalue weighted by atomic mass is 10.1. The molecule has 0 unspecified atom stereocenters. The number of aliphatic carboxylic acids is 1. The summed E-state index contributed by atoms with van der Waals surface area (Å²) in [6.45, 7) is 1.93. The zero-order valence-corrected chi connectivity index (χ0v) is 14.6. The number of halogens is 1. The Morgan fingerprint density at radius 1 is 1.43 bits per heavy atom. The van der Waals surface area contributed by atoms with Gasteiger partial charge in [-0.1, -0.05) is 35.2 Å². The maximum absolute atomic E-state index is 12.2. The van der Waals surface area contributed by atoms with Crippen LogP contribution in [0.4, 0.5) is 5.13 Å². The fraction of sp³-hybridized carbons (Fsp3) is 0.167. The van der Waals surface area contributed by atoms with Crippen LogP contribution in [-0.4, -0.2) is 32.9 Å². The Labute approximate surface area is 142 Å². The first-order chi connectivity index (χ1) is 9.97. The van der Waals surface area contributed by atoms with Gasteiger partial charge in [0.25, 0.3) is 5.91 Å². The molecule has 0 aliphatic heterocycles. The maximum Gasteiger partial charge on any atom is 0.313 e. The van der Waals surface area contributed by atoms with Gasteiger partial charge in [-0.3, -0.25) is 14.9 Å². The van der Waals surface area contributed by atoms with E-state index >= 15 is 0 Å². The second kappa shape index (κ2) is 7.18. The monoisotopic (exact) mass is 435 g/mol. The van der Waals surface area contributed by atoms with Gasteiger partial charge >= 0.3 is 5.97 Å². The first-order valence-corrected chi connectivity index (χ1v) is 8.60. The van der Waals surface area contributed by atoms with Gasteiger partial charge in [0.05, 0.1) is 11.3 Å². The summed E-state index contributed by atoms with van der Waals surface area (Å²) in [5.41, 5.74) is 1.60. The molecule has 0 bridgehead atoms. The number of carbonyl (C=O) groups excluding carboxylic acids is 1. The SMILES string of the molecule is Cc1cccc(C(=O)Nc2nnc(SCC(=O)O)s2)c1I. The van der Waals surface area contributed by atoms with Crippen LogP contribution in [-0.2, 0) is 4.79 Å². The second-order valence-electron chi connectivity index (χ2n) is 3.95. The molecule has 21 heavy (non-hydrogen) atoms. The summed E-state index contributed by atoms with van der Waals surface area (Å²) in [5.74, 6) is -1.26. The number of carbonyl (C=O) groups is 2. The summed E-state index contributed by atoms with van der Waals surface area (Å²) in [6, 6.07) is 5.50. The summed E-state index contributed by atoms with van der Waals surface area (Å²) in [6.07, 6.45) is 0. The molecule has 0 saturated heterocycles. The number of hydrogen-bond acceptors (Lipinski definition) is 6. The lowest BCUT2D eigenvalue weighted by Gasteiger charge is -2.05. The lowest BCUT2D eigenvalue weighted by molar-refractivity contribution is -0.133. The molecule has 2 rings (SSSR count). The van der Waals surface area contributed by atoms with Crippen molar-refractivity contribution in [1.29, 1.82) is 0 Å². The topological polar surface area (TPSA) is 92.2 Å². The molecule has 1 amide bonds. The third-order valence-corrected chi connectivity index (χ3v) is 5.77. The van der Waals surface area contributed by atoms with Crippen LogP contribution < -0.4 is 5.32 Å². The summed E-state index contributed by atoms with van der Waals surface area (Å²) >= 11 is 4.35. The van der Waals surface area contributed by atoms with Gasteiger partial charge in [-0.15, -0.1) is 10.2 Å². The van der Waals surface area contributed by atoms with E-state index in [0.717, 1.165) is 32.2 Å². The van der Waals surface area contributed by atoms with Crippen LogP contribution in [0.5, 0.6) is 0 Å². The molecular weight excluding hydrogens is 425 g/mol. The largest absolute Gasteiger partial charge is 0.481 e. The number of nitrogens with one attached hydrogen (secondary N) is 1. The summed E-state index contributed by atoms with van der Waals surface area (Å²) in [7, 11) is 0. The van der Waals surface area contributed by atoms with E-state index in [1.54, 1.807) is 6.07 Å². The summed E-state index contributed by atoms with van der Waals surface area (Å²) < 4.78 is 1.39. The minimum atomic E-state index is -0.921. The number of benzene rings is 1. The quantitative estimate of drug-likeness (QED) is 0.427. The average Bonchev–Trinajstić information content (AvgIpc) is 2.87. The first kappa shape index (κ1) is 16.2. The van der Waals surface area contributed by atoms with Crippen molar-refractivity contribution in [3.63, 3.8) is 0 Å². The predicted molar refractivity (Wildman–Crippen MR) is 90.1 cm³/mol. The second-order valence-corrected chi connectivity index (χ2v) is 7.22. The molecule has 2 aromatic rings. The number of aryl methyl sites for hydroxylation is 1. The van der Waals surface area contributed by atoms with E-state index in [1.807, 2.05) is 19.1 Å². The van der Waals surface area contributed by atoms with Crippen molar-refractivity contribution in [3.8, 4) is 0 Å². The van der Waals surface area contributed by atoms with Crippen LogP contribution in [0.25, 0.3) is 0 Å². The molecule has 0 fully saturated rings. The predicted octanol–water partition coefficient (Wildman–Crippen LogP) is 2.88. The van der Waals surface area contributed by atoms with E-state index in [9.17, 15) is 9.59 Å². The minimum absolute atomic E-state index is 0.0850. The van der Waals surface area contributed by atoms with Crippen LogP contribution in [0, 0.1) is 10.5 Å². The highest BCUT2D eigenvalue weighted by atomic mass is 127. The van der Waals surface area contributed by atoms with Gasteiger partial charge in [0.2, 0.25) is 5.13 Å². The zero-order chi connectivity index (χ0) is 15.4. The molecular formula is C12H10IN3O3S2. The molecule has 0 radical (unpaired) electrons. The van der Waals surface area contributed by atoms with Crippen LogP contribution in [0.15, 0.2) is 22.5 Å². The van der Waals surface area contributed by atoms with Crippen molar-refractivity contribution in [1.82, 2.24) is 10.2 Å². The number of anilines is 1. The molecule has 0 aliphatic rings. The number of hydrogen-bond donors (Lipinski definition) is 2. The van der Waals surface area contributed by atoms with Gasteiger partial charge in [0.15, 0.2) is 4.34 Å². The van der Waals surface area contributed by atoms with Crippen LogP contribution >= 0.6 is 45.7 Å². The highest BCUT2D eigenvalue weighted by molar-refractivity contribution is 14.1. The average molecular weight is 435 g/mol. The zero-order valence-electron chi connectivity index (χ0n) is 10.8. The molecule has 9 heteroatoms. The molecule has 1 aromatic carbocycles. The van der Waals surface area contributed by atoms with Gasteiger partial charge in [-0.25, -0.2) is 0 Å². The number of carboxylic acids is 1. The molecule has 2 N–H and O–H groups in total. The van der Waals surface area contributed by atoms with E-state index in [2.05, 4.69) is 38.1 Å². The van der Waals surface area contributed by atoms with Crippen LogP contribution in [0.3, 0.4) is 0 Å². The summed E-state index contributed by atoms with van der Waals surface area (Å²) in [4.78, 5) is 22.7. The smallest absolute Gasteiger partial charge is 0.313 e. The molecule has 0 aliphatic carbocycles. The van der Waals surface area contributed by atoms with Crippen molar-refractivity contribution in [2.24, 2.45) is 0 Å². The number of carboxylic acid groups (broad SMARTS) is 1. The molecule has 110 valence electrons. The van der Waals surface area contributed by atoms with Gasteiger partial charge in [0, 0.05) is 3.57 Å². The normalized spacial score (nSPS) is 10.4. The fourth-order valence-electron chi connectivity index (χ4n) is 1.43. The fourth-order valence-corrected chi connectivity index (χ4v) is 3.50. The van der Waals surface area contributed by atoms with E-state index in [0.29, 0.717) is 15.0 Å². The number of aromatic nitrogens is 2. The van der Waals surface area contributed by atoms with Crippen molar-refractivity contribution in [3.05, 3.63) is 32.9 Å².